The number of unbranched alkanes of at least 4 members (excludes halogenated alkanes) is 1. The highest BCUT2D eigenvalue weighted by Crippen LogP contribution is 2.29. The summed E-state index contributed by atoms with van der Waals surface area (Å²) in [5, 5.41) is 13.3. The summed E-state index contributed by atoms with van der Waals surface area (Å²) in [4.78, 5) is 16.5. The van der Waals surface area contributed by atoms with Gasteiger partial charge in [-0.2, -0.15) is 0 Å². The lowest BCUT2D eigenvalue weighted by molar-refractivity contribution is -0.121. The molecular formula is C25H28FN5OS. The normalized spacial score (nSPS) is 11.4. The zero-order chi connectivity index (χ0) is 23.2. The van der Waals surface area contributed by atoms with Crippen LogP contribution in [-0.4, -0.2) is 38.0 Å². The molecule has 2 aromatic heterocycles. The van der Waals surface area contributed by atoms with Gasteiger partial charge in [-0.1, -0.05) is 48.5 Å². The summed E-state index contributed by atoms with van der Waals surface area (Å²) in [7, 11) is 0. The van der Waals surface area contributed by atoms with Crippen LogP contribution in [0, 0.1) is 12.7 Å². The number of carbonyl (C=O) groups is 1. The van der Waals surface area contributed by atoms with Crippen molar-refractivity contribution in [3.8, 4) is 0 Å². The second-order valence-corrected chi connectivity index (χ2v) is 9.18. The number of thioether (sulfide) groups is 1. The van der Waals surface area contributed by atoms with Crippen LogP contribution in [0.3, 0.4) is 0 Å². The van der Waals surface area contributed by atoms with E-state index in [2.05, 4.69) is 21.6 Å². The Balaban J connectivity index is 1.54. The van der Waals surface area contributed by atoms with Crippen molar-refractivity contribution in [3.05, 3.63) is 59.4 Å². The van der Waals surface area contributed by atoms with Gasteiger partial charge in [-0.05, 0) is 44.4 Å². The molecule has 0 aliphatic heterocycles. The molecule has 33 heavy (non-hydrogen) atoms. The summed E-state index contributed by atoms with van der Waals surface area (Å²) >= 11 is 1.53. The number of amides is 1. The number of aryl methyl sites for hydroxylation is 1. The van der Waals surface area contributed by atoms with Crippen molar-refractivity contribution in [2.45, 2.75) is 51.2 Å². The van der Waals surface area contributed by atoms with Crippen LogP contribution in [0.5, 0.6) is 0 Å². The zero-order valence-electron chi connectivity index (χ0n) is 19.0. The van der Waals surface area contributed by atoms with Crippen LogP contribution in [0.4, 0.5) is 4.39 Å². The molecule has 2 heterocycles. The van der Waals surface area contributed by atoms with Gasteiger partial charge in [0.2, 0.25) is 11.1 Å². The lowest BCUT2D eigenvalue weighted by Gasteiger charge is -2.08. The Morgan fingerprint density at radius 2 is 2.00 bits per heavy atom. The van der Waals surface area contributed by atoms with Crippen molar-refractivity contribution < 1.29 is 9.18 Å². The first kappa shape index (κ1) is 23.2. The van der Waals surface area contributed by atoms with Crippen molar-refractivity contribution in [2.75, 3.05) is 12.3 Å². The van der Waals surface area contributed by atoms with Crippen molar-refractivity contribution in [2.24, 2.45) is 0 Å². The predicted octanol–water partition coefficient (Wildman–Crippen LogP) is 5.26. The quantitative estimate of drug-likeness (QED) is 0.255. The van der Waals surface area contributed by atoms with E-state index in [9.17, 15) is 9.18 Å². The van der Waals surface area contributed by atoms with Gasteiger partial charge in [-0.3, -0.25) is 4.79 Å². The number of rotatable bonds is 10. The maximum absolute atomic E-state index is 14.4. The van der Waals surface area contributed by atoms with Gasteiger partial charge in [0.05, 0.1) is 12.1 Å². The van der Waals surface area contributed by atoms with Crippen LogP contribution in [-0.2, 0) is 11.3 Å². The molecular weight excluding hydrogens is 437 g/mol. The number of carbonyl (C=O) groups excluding carboxylic acids is 1. The summed E-state index contributed by atoms with van der Waals surface area (Å²) in [5.74, 6) is 0.675. The molecule has 0 saturated carbocycles. The molecule has 4 rings (SSSR count). The van der Waals surface area contributed by atoms with Gasteiger partial charge < -0.3 is 9.88 Å². The highest BCUT2D eigenvalue weighted by molar-refractivity contribution is 7.99. The molecule has 0 atom stereocenters. The highest BCUT2D eigenvalue weighted by atomic mass is 32.2. The van der Waals surface area contributed by atoms with E-state index in [0.717, 1.165) is 53.5 Å². The van der Waals surface area contributed by atoms with Gasteiger partial charge in [0.1, 0.15) is 11.3 Å². The fourth-order valence-electron chi connectivity index (χ4n) is 3.78. The van der Waals surface area contributed by atoms with Crippen LogP contribution >= 0.6 is 11.8 Å². The van der Waals surface area contributed by atoms with E-state index in [-0.39, 0.29) is 11.7 Å². The van der Waals surface area contributed by atoms with Crippen molar-refractivity contribution in [1.29, 1.82) is 0 Å². The molecule has 0 unspecified atom stereocenters. The number of fused-ring (bicyclic) bond motifs is 3. The maximum atomic E-state index is 14.4. The van der Waals surface area contributed by atoms with Gasteiger partial charge in [0, 0.05) is 29.7 Å². The van der Waals surface area contributed by atoms with Crippen molar-refractivity contribution in [3.63, 3.8) is 0 Å². The summed E-state index contributed by atoms with van der Waals surface area (Å²) in [6.07, 6.45) is 3.20. The average molecular weight is 466 g/mol. The van der Waals surface area contributed by atoms with Crippen molar-refractivity contribution in [1.82, 2.24) is 25.1 Å². The first-order valence-electron chi connectivity index (χ1n) is 11.3. The summed E-state index contributed by atoms with van der Waals surface area (Å²) in [6.45, 7) is 5.17. The second kappa shape index (κ2) is 10.7. The van der Waals surface area contributed by atoms with Gasteiger partial charge in [0.25, 0.3) is 0 Å². The number of hydrogen-bond donors (Lipinski definition) is 1. The monoisotopic (exact) mass is 465 g/mol. The van der Waals surface area contributed by atoms with E-state index < -0.39 is 0 Å². The molecule has 1 N–H and O–H groups in total. The Bertz CT molecular complexity index is 1270. The Morgan fingerprint density at radius 1 is 1.15 bits per heavy atom. The third-order valence-corrected chi connectivity index (χ3v) is 6.41. The molecule has 0 fully saturated rings. The lowest BCUT2D eigenvalue weighted by atomic mass is 10.1. The van der Waals surface area contributed by atoms with Crippen LogP contribution in [0.25, 0.3) is 22.1 Å². The minimum Gasteiger partial charge on any atom is -0.356 e. The minimum absolute atomic E-state index is 0.106. The van der Waals surface area contributed by atoms with Crippen LogP contribution in [0.2, 0.25) is 0 Å². The smallest absolute Gasteiger partial charge is 0.219 e. The molecule has 0 aliphatic rings. The largest absolute Gasteiger partial charge is 0.356 e. The molecule has 0 bridgehead atoms. The molecule has 0 saturated heterocycles. The number of nitrogens with one attached hydrogen (secondary N) is 1. The second-order valence-electron chi connectivity index (χ2n) is 8.12. The molecule has 6 nitrogen and oxygen atoms in total. The lowest BCUT2D eigenvalue weighted by Crippen LogP contribution is -2.23. The van der Waals surface area contributed by atoms with Gasteiger partial charge in [-0.25, -0.2) is 9.37 Å². The summed E-state index contributed by atoms with van der Waals surface area (Å²) in [6, 6.07) is 13.0. The zero-order valence-corrected chi connectivity index (χ0v) is 19.8. The molecule has 4 aromatic rings. The van der Waals surface area contributed by atoms with E-state index in [4.69, 9.17) is 4.98 Å². The average Bonchev–Trinajstić information content (AvgIpc) is 3.11. The van der Waals surface area contributed by atoms with Crippen LogP contribution in [0.15, 0.2) is 47.6 Å². The Morgan fingerprint density at radius 3 is 2.82 bits per heavy atom. The molecule has 172 valence electrons. The minimum atomic E-state index is -0.237. The third kappa shape index (κ3) is 5.50. The van der Waals surface area contributed by atoms with Gasteiger partial charge in [-0.15, -0.1) is 10.2 Å². The fraction of sp³-hybridized carbons (Fsp3) is 0.360. The number of halogens is 1. The maximum Gasteiger partial charge on any atom is 0.219 e. The first-order chi connectivity index (χ1) is 16.1. The Hall–Kier alpha value is -3.00. The number of hydrogen-bond acceptors (Lipinski definition) is 5. The van der Waals surface area contributed by atoms with Crippen LogP contribution < -0.4 is 5.32 Å². The Labute approximate surface area is 197 Å². The Kier molecular flexibility index (Phi) is 7.54. The molecule has 8 heteroatoms. The van der Waals surface area contributed by atoms with E-state index in [1.54, 1.807) is 12.1 Å². The molecule has 0 spiro atoms. The first-order valence-corrected chi connectivity index (χ1v) is 12.3. The van der Waals surface area contributed by atoms with E-state index in [1.807, 2.05) is 36.6 Å². The topological polar surface area (TPSA) is 72.7 Å². The van der Waals surface area contributed by atoms with E-state index >= 15 is 0 Å². The molecule has 2 aromatic carbocycles. The number of nitrogens with zero attached hydrogens (tertiary/aromatic N) is 4. The highest BCUT2D eigenvalue weighted by Gasteiger charge is 2.16. The summed E-state index contributed by atoms with van der Waals surface area (Å²) in [5.41, 5.74) is 4.11. The summed E-state index contributed by atoms with van der Waals surface area (Å²) < 4.78 is 16.4. The number of benzene rings is 2. The molecule has 0 aliphatic carbocycles. The standard InChI is InChI=1S/C25H28FN5OS/c1-3-13-27-22(32)10-6-7-14-33-25-28-24-23(29-30-25)19-15-17(2)11-12-21(19)31(24)16-18-8-4-5-9-20(18)26/h4-5,8-9,11-12,15H,3,6-7,10,13-14,16H2,1-2H3,(H,27,32). The van der Waals surface area contributed by atoms with Crippen LogP contribution in [0.1, 0.15) is 43.7 Å². The third-order valence-electron chi connectivity index (χ3n) is 5.49. The molecule has 0 radical (unpaired) electrons. The van der Waals surface area contributed by atoms with E-state index in [1.165, 1.54) is 17.8 Å². The number of aromatic nitrogens is 4. The SMILES string of the molecule is CCCNC(=O)CCCCSc1nnc2c3cc(C)ccc3n(Cc3ccccc3F)c2n1. The fourth-order valence-corrected chi connectivity index (χ4v) is 4.56. The van der Waals surface area contributed by atoms with Crippen molar-refractivity contribution >= 4 is 39.7 Å². The van der Waals surface area contributed by atoms with E-state index in [0.29, 0.717) is 29.3 Å². The predicted molar refractivity (Wildman–Crippen MR) is 131 cm³/mol. The van der Waals surface area contributed by atoms with Gasteiger partial charge in [0.15, 0.2) is 5.65 Å². The van der Waals surface area contributed by atoms with Gasteiger partial charge >= 0.3 is 0 Å². The molecule has 1 amide bonds.